The van der Waals surface area contributed by atoms with Gasteiger partial charge in [0.15, 0.2) is 0 Å². The minimum absolute atomic E-state index is 0.547. The van der Waals surface area contributed by atoms with Crippen molar-refractivity contribution in [1.82, 2.24) is 4.98 Å². The predicted octanol–water partition coefficient (Wildman–Crippen LogP) is 4.50. The molecule has 0 amide bonds. The van der Waals surface area contributed by atoms with Crippen molar-refractivity contribution in [2.75, 3.05) is 0 Å². The second kappa shape index (κ2) is 3.95. The van der Waals surface area contributed by atoms with Gasteiger partial charge in [-0.15, -0.1) is 0 Å². The number of hydrogen-bond donors (Lipinski definition) is 0. The van der Waals surface area contributed by atoms with Crippen LogP contribution in [-0.2, 0) is 19.0 Å². The van der Waals surface area contributed by atoms with Crippen LogP contribution in [0.2, 0.25) is 0 Å². The van der Waals surface area contributed by atoms with Crippen molar-refractivity contribution in [3.8, 4) is 0 Å². The topological polar surface area (TPSA) is 12.9 Å². The number of fused-ring (bicyclic) bond motifs is 2. The van der Waals surface area contributed by atoms with Crippen LogP contribution in [0.15, 0.2) is 22.7 Å². The van der Waals surface area contributed by atoms with Gasteiger partial charge in [0.2, 0.25) is 0 Å². The second-order valence-corrected chi connectivity index (χ2v) is 5.23. The lowest BCUT2D eigenvalue weighted by atomic mass is 10.1. The maximum absolute atomic E-state index is 12.7. The molecule has 94 valence electrons. The number of alkyl halides is 3. The van der Waals surface area contributed by atoms with Crippen molar-refractivity contribution in [3.63, 3.8) is 0 Å². The molecule has 0 fully saturated rings. The molecule has 3 rings (SSSR count). The van der Waals surface area contributed by atoms with Crippen molar-refractivity contribution in [1.29, 1.82) is 0 Å². The molecule has 0 aliphatic heterocycles. The summed E-state index contributed by atoms with van der Waals surface area (Å²) in [6, 6.07) is 3.70. The first-order valence-corrected chi connectivity index (χ1v) is 6.44. The van der Waals surface area contributed by atoms with Gasteiger partial charge in [0.1, 0.15) is 0 Å². The minimum atomic E-state index is -4.31. The molecule has 0 radical (unpaired) electrons. The Morgan fingerprint density at radius 2 is 1.94 bits per heavy atom. The van der Waals surface area contributed by atoms with E-state index in [0.29, 0.717) is 10.9 Å². The fraction of sp³-hybridized carbons (Fsp3) is 0.308. The Morgan fingerprint density at radius 3 is 2.67 bits per heavy atom. The van der Waals surface area contributed by atoms with Gasteiger partial charge in [0.25, 0.3) is 0 Å². The van der Waals surface area contributed by atoms with Crippen LogP contribution < -0.4 is 0 Å². The Bertz CT molecular complexity index is 634. The zero-order valence-corrected chi connectivity index (χ0v) is 10.9. The van der Waals surface area contributed by atoms with E-state index in [0.717, 1.165) is 41.1 Å². The first kappa shape index (κ1) is 12.0. The van der Waals surface area contributed by atoms with Gasteiger partial charge in [-0.05, 0) is 59.0 Å². The van der Waals surface area contributed by atoms with Crippen LogP contribution in [0.1, 0.15) is 23.2 Å². The molecule has 0 saturated carbocycles. The summed E-state index contributed by atoms with van der Waals surface area (Å²) in [5, 5.41) is 0.547. The summed E-state index contributed by atoms with van der Waals surface area (Å²) in [7, 11) is 0. The van der Waals surface area contributed by atoms with Crippen LogP contribution in [0.5, 0.6) is 0 Å². The number of benzene rings is 1. The third-order valence-corrected chi connectivity index (χ3v) is 4.18. The molecule has 0 bridgehead atoms. The van der Waals surface area contributed by atoms with Gasteiger partial charge in [-0.2, -0.15) is 13.2 Å². The third kappa shape index (κ3) is 1.81. The summed E-state index contributed by atoms with van der Waals surface area (Å²) in [6.45, 7) is 0. The first-order valence-electron chi connectivity index (χ1n) is 5.65. The quantitative estimate of drug-likeness (QED) is 0.697. The van der Waals surface area contributed by atoms with Gasteiger partial charge in [-0.1, -0.05) is 0 Å². The molecular weight excluding hydrogens is 307 g/mol. The van der Waals surface area contributed by atoms with Crippen LogP contribution in [-0.4, -0.2) is 4.98 Å². The molecule has 1 aromatic carbocycles. The maximum atomic E-state index is 12.7. The van der Waals surface area contributed by atoms with Crippen LogP contribution in [0.3, 0.4) is 0 Å². The Morgan fingerprint density at radius 1 is 1.17 bits per heavy atom. The van der Waals surface area contributed by atoms with Crippen molar-refractivity contribution < 1.29 is 13.2 Å². The van der Waals surface area contributed by atoms with Gasteiger partial charge in [-0.25, -0.2) is 0 Å². The number of hydrogen-bond acceptors (Lipinski definition) is 1. The van der Waals surface area contributed by atoms with E-state index in [9.17, 15) is 13.2 Å². The molecule has 0 N–H and O–H groups in total. The lowest BCUT2D eigenvalue weighted by Crippen LogP contribution is -2.05. The molecule has 5 heteroatoms. The Balaban J connectivity index is 2.28. The molecule has 1 aliphatic carbocycles. The lowest BCUT2D eigenvalue weighted by Gasteiger charge is -2.10. The van der Waals surface area contributed by atoms with Crippen molar-refractivity contribution >= 4 is 26.8 Å². The molecular formula is C13H9BrF3N. The molecule has 0 saturated heterocycles. The lowest BCUT2D eigenvalue weighted by molar-refractivity contribution is -0.137. The van der Waals surface area contributed by atoms with Gasteiger partial charge in [-0.3, -0.25) is 4.98 Å². The average Bonchev–Trinajstić information content (AvgIpc) is 2.76. The highest BCUT2D eigenvalue weighted by Gasteiger charge is 2.31. The largest absolute Gasteiger partial charge is 0.416 e. The zero-order chi connectivity index (χ0) is 12.9. The van der Waals surface area contributed by atoms with Gasteiger partial charge < -0.3 is 0 Å². The third-order valence-electron chi connectivity index (χ3n) is 3.27. The van der Waals surface area contributed by atoms with Crippen molar-refractivity contribution in [2.45, 2.75) is 25.4 Å². The fourth-order valence-electron chi connectivity index (χ4n) is 2.38. The van der Waals surface area contributed by atoms with Crippen LogP contribution in [0, 0.1) is 0 Å². The van der Waals surface area contributed by atoms with E-state index in [2.05, 4.69) is 20.9 Å². The van der Waals surface area contributed by atoms with Crippen molar-refractivity contribution in [3.05, 3.63) is 39.5 Å². The normalized spacial score (nSPS) is 15.1. The van der Waals surface area contributed by atoms with Crippen LogP contribution in [0.4, 0.5) is 13.2 Å². The fourth-order valence-corrected chi connectivity index (χ4v) is 3.13. The highest BCUT2D eigenvalue weighted by atomic mass is 79.9. The highest BCUT2D eigenvalue weighted by molar-refractivity contribution is 9.10. The molecule has 1 aliphatic rings. The Labute approximate surface area is 110 Å². The molecule has 1 heterocycles. The summed E-state index contributed by atoms with van der Waals surface area (Å²) in [4.78, 5) is 4.44. The summed E-state index contributed by atoms with van der Waals surface area (Å²) >= 11 is 3.43. The molecule has 1 aromatic heterocycles. The molecule has 1 nitrogen and oxygen atoms in total. The van der Waals surface area contributed by atoms with E-state index in [4.69, 9.17) is 0 Å². The molecule has 2 aromatic rings. The molecule has 18 heavy (non-hydrogen) atoms. The Hall–Kier alpha value is -1.10. The smallest absolute Gasteiger partial charge is 0.252 e. The van der Waals surface area contributed by atoms with E-state index in [1.165, 1.54) is 12.1 Å². The minimum Gasteiger partial charge on any atom is -0.252 e. The van der Waals surface area contributed by atoms with E-state index in [-0.39, 0.29) is 0 Å². The molecule has 0 spiro atoms. The van der Waals surface area contributed by atoms with E-state index < -0.39 is 11.7 Å². The van der Waals surface area contributed by atoms with Crippen LogP contribution >= 0.6 is 15.9 Å². The predicted molar refractivity (Wildman–Crippen MR) is 66.5 cm³/mol. The molecule has 0 unspecified atom stereocenters. The monoisotopic (exact) mass is 315 g/mol. The summed E-state index contributed by atoms with van der Waals surface area (Å²) in [5.74, 6) is 0. The number of aromatic nitrogens is 1. The zero-order valence-electron chi connectivity index (χ0n) is 9.31. The summed E-state index contributed by atoms with van der Waals surface area (Å²) in [5.41, 5.74) is 2.06. The van der Waals surface area contributed by atoms with Gasteiger partial charge in [0.05, 0.1) is 11.1 Å². The van der Waals surface area contributed by atoms with Crippen molar-refractivity contribution in [2.24, 2.45) is 0 Å². The second-order valence-electron chi connectivity index (χ2n) is 4.43. The number of pyridine rings is 1. The van der Waals surface area contributed by atoms with Gasteiger partial charge in [0, 0.05) is 15.6 Å². The van der Waals surface area contributed by atoms with E-state index >= 15 is 0 Å². The number of halogens is 4. The number of aryl methyl sites for hydroxylation is 1. The summed E-state index contributed by atoms with van der Waals surface area (Å²) < 4.78 is 38.8. The van der Waals surface area contributed by atoms with Crippen LogP contribution in [0.25, 0.3) is 10.9 Å². The van der Waals surface area contributed by atoms with E-state index in [1.54, 1.807) is 0 Å². The van der Waals surface area contributed by atoms with Gasteiger partial charge >= 0.3 is 6.18 Å². The summed E-state index contributed by atoms with van der Waals surface area (Å²) in [6.07, 6.45) is -1.50. The number of nitrogens with zero attached hydrogens (tertiary/aromatic N) is 1. The average molecular weight is 316 g/mol. The highest BCUT2D eigenvalue weighted by Crippen LogP contribution is 2.37. The standard InChI is InChI=1S/C13H9BrF3N/c14-12-8-2-1-3-10(8)18-11-5-4-7(6-9(11)12)13(15,16)17/h4-6H,1-3H2. The first-order chi connectivity index (χ1) is 8.47. The molecule has 0 atom stereocenters. The van der Waals surface area contributed by atoms with E-state index in [1.807, 2.05) is 0 Å². The maximum Gasteiger partial charge on any atom is 0.416 e. The number of rotatable bonds is 0. The SMILES string of the molecule is FC(F)(F)c1ccc2nc3c(c(Br)c2c1)CCC3. The Kier molecular flexibility index (Phi) is 2.62.